The van der Waals surface area contributed by atoms with Crippen molar-refractivity contribution in [3.63, 3.8) is 0 Å². The lowest BCUT2D eigenvalue weighted by Gasteiger charge is -2.28. The summed E-state index contributed by atoms with van der Waals surface area (Å²) in [5, 5.41) is 14.7. The van der Waals surface area contributed by atoms with Crippen LogP contribution >= 0.6 is 0 Å². The van der Waals surface area contributed by atoms with Crippen LogP contribution < -0.4 is 15.8 Å². The van der Waals surface area contributed by atoms with Crippen molar-refractivity contribution in [3.05, 3.63) is 29.3 Å². The molecule has 7 nitrogen and oxygen atoms in total. The molecule has 1 aromatic rings. The first-order valence-corrected chi connectivity index (χ1v) is 11.8. The Bertz CT molecular complexity index is 831. The number of oxime groups is 1. The topological polar surface area (TPSA) is 96.0 Å². The molecule has 0 amide bonds. The molecule has 1 aromatic carbocycles. The largest absolute Gasteiger partial charge is 0.493 e. The van der Waals surface area contributed by atoms with Crippen LogP contribution in [0.25, 0.3) is 0 Å². The van der Waals surface area contributed by atoms with Gasteiger partial charge < -0.3 is 25.5 Å². The number of halogens is 3. The van der Waals surface area contributed by atoms with Crippen LogP contribution in [0, 0.1) is 5.41 Å². The van der Waals surface area contributed by atoms with Crippen LogP contribution in [0.4, 0.5) is 13.2 Å². The van der Waals surface area contributed by atoms with Crippen molar-refractivity contribution in [2.24, 2.45) is 10.9 Å². The van der Waals surface area contributed by atoms with Crippen molar-refractivity contribution in [1.29, 1.82) is 5.41 Å². The summed E-state index contributed by atoms with van der Waals surface area (Å²) >= 11 is 0. The van der Waals surface area contributed by atoms with Crippen LogP contribution in [0.1, 0.15) is 75.8 Å². The number of likely N-dealkylation sites (tertiary alicyclic amines) is 1. The smallest absolute Gasteiger partial charge is 0.419 e. The number of unbranched alkanes of at least 4 members (excludes halogenated alkanes) is 6. The highest BCUT2D eigenvalue weighted by molar-refractivity contribution is 5.99. The summed E-state index contributed by atoms with van der Waals surface area (Å²) in [5.41, 5.74) is 5.05. The van der Waals surface area contributed by atoms with E-state index >= 15 is 0 Å². The summed E-state index contributed by atoms with van der Waals surface area (Å²) in [4.78, 5) is 7.14. The second-order valence-corrected chi connectivity index (χ2v) is 8.58. The monoisotopic (exact) mass is 469 g/mol. The maximum absolute atomic E-state index is 13.7. The third kappa shape index (κ3) is 6.68. The predicted octanol–water partition coefficient (Wildman–Crippen LogP) is 4.80. The summed E-state index contributed by atoms with van der Waals surface area (Å²) < 4.78 is 46.6. The van der Waals surface area contributed by atoms with Gasteiger partial charge in [0.2, 0.25) is 6.23 Å². The molecule has 1 fully saturated rings. The van der Waals surface area contributed by atoms with Gasteiger partial charge in [0.1, 0.15) is 5.75 Å². The van der Waals surface area contributed by atoms with Crippen molar-refractivity contribution < 1.29 is 22.7 Å². The van der Waals surface area contributed by atoms with Crippen molar-refractivity contribution in [1.82, 2.24) is 10.2 Å². The number of rotatable bonds is 11. The lowest BCUT2D eigenvalue weighted by molar-refractivity contribution is -0.139. The zero-order valence-corrected chi connectivity index (χ0v) is 19.1. The van der Waals surface area contributed by atoms with Gasteiger partial charge in [-0.05, 0) is 37.5 Å². The van der Waals surface area contributed by atoms with Gasteiger partial charge in [-0.15, -0.1) is 0 Å². The molecule has 184 valence electrons. The molecule has 0 aliphatic carbocycles. The Morgan fingerprint density at radius 2 is 1.97 bits per heavy atom. The highest BCUT2D eigenvalue weighted by Crippen LogP contribution is 2.37. The van der Waals surface area contributed by atoms with Crippen molar-refractivity contribution in [2.45, 2.75) is 83.2 Å². The normalized spacial score (nSPS) is 20.4. The summed E-state index contributed by atoms with van der Waals surface area (Å²) in [6, 6.07) is 3.73. The molecule has 3 rings (SSSR count). The number of amidine groups is 1. The van der Waals surface area contributed by atoms with E-state index in [0.717, 1.165) is 44.6 Å². The van der Waals surface area contributed by atoms with E-state index in [-0.39, 0.29) is 35.8 Å². The summed E-state index contributed by atoms with van der Waals surface area (Å²) in [6.45, 7) is 3.05. The lowest BCUT2D eigenvalue weighted by atomic mass is 10.1. The van der Waals surface area contributed by atoms with Gasteiger partial charge in [0, 0.05) is 12.1 Å². The van der Waals surface area contributed by atoms with E-state index in [1.165, 1.54) is 25.3 Å². The highest BCUT2D eigenvalue weighted by Gasteiger charge is 2.39. The third-order valence-electron chi connectivity index (χ3n) is 6.06. The second-order valence-electron chi connectivity index (χ2n) is 8.58. The molecular weight excluding hydrogens is 435 g/mol. The molecule has 1 saturated heterocycles. The zero-order chi connectivity index (χ0) is 23.8. The SMILES string of the molecule is CCCCCCCCCOc1ccc(C2=NOC(C3CCCN3C(=N)N)N2)cc1C(F)(F)F. The van der Waals surface area contributed by atoms with E-state index in [9.17, 15) is 13.2 Å². The molecule has 0 radical (unpaired) electrons. The number of guanidine groups is 1. The number of nitrogens with one attached hydrogen (secondary N) is 2. The number of nitrogens with zero attached hydrogens (tertiary/aromatic N) is 2. The van der Waals surface area contributed by atoms with Gasteiger partial charge >= 0.3 is 6.18 Å². The van der Waals surface area contributed by atoms with Crippen molar-refractivity contribution in [2.75, 3.05) is 13.2 Å². The fourth-order valence-corrected chi connectivity index (χ4v) is 4.27. The van der Waals surface area contributed by atoms with E-state index in [4.69, 9.17) is 20.7 Å². The van der Waals surface area contributed by atoms with E-state index in [1.54, 1.807) is 11.0 Å². The van der Waals surface area contributed by atoms with Crippen LogP contribution in [0.2, 0.25) is 0 Å². The number of nitrogens with two attached hydrogens (primary N) is 1. The Morgan fingerprint density at radius 1 is 1.24 bits per heavy atom. The molecule has 2 heterocycles. The number of benzene rings is 1. The minimum atomic E-state index is -4.55. The number of hydrogen-bond acceptors (Lipinski definition) is 5. The predicted molar refractivity (Wildman–Crippen MR) is 121 cm³/mol. The lowest BCUT2D eigenvalue weighted by Crippen LogP contribution is -2.50. The van der Waals surface area contributed by atoms with Gasteiger partial charge in [-0.1, -0.05) is 50.6 Å². The van der Waals surface area contributed by atoms with Crippen LogP contribution in [0.3, 0.4) is 0 Å². The number of hydrogen-bond donors (Lipinski definition) is 3. The molecule has 0 spiro atoms. The average Bonchev–Trinajstić information content (AvgIpc) is 3.44. The Morgan fingerprint density at radius 3 is 2.67 bits per heavy atom. The fourth-order valence-electron chi connectivity index (χ4n) is 4.27. The maximum atomic E-state index is 13.7. The van der Waals surface area contributed by atoms with Gasteiger partial charge in [-0.2, -0.15) is 13.2 Å². The van der Waals surface area contributed by atoms with Crippen molar-refractivity contribution >= 4 is 11.8 Å². The van der Waals surface area contributed by atoms with Gasteiger partial charge in [-0.3, -0.25) is 5.41 Å². The molecule has 2 aliphatic rings. The molecule has 33 heavy (non-hydrogen) atoms. The zero-order valence-electron chi connectivity index (χ0n) is 19.1. The van der Waals surface area contributed by atoms with Crippen LogP contribution in [0.15, 0.2) is 23.4 Å². The Hall–Kier alpha value is -2.65. The maximum Gasteiger partial charge on any atom is 0.419 e. The van der Waals surface area contributed by atoms with Crippen LogP contribution in [-0.4, -0.2) is 42.1 Å². The first kappa shape index (κ1) is 25.0. The molecule has 0 aromatic heterocycles. The molecule has 0 bridgehead atoms. The number of ether oxygens (including phenoxy) is 1. The molecular formula is C23H34F3N5O2. The summed E-state index contributed by atoms with van der Waals surface area (Å²) in [7, 11) is 0. The van der Waals surface area contributed by atoms with E-state index in [2.05, 4.69) is 17.4 Å². The molecule has 2 aliphatic heterocycles. The number of alkyl halides is 3. The van der Waals surface area contributed by atoms with Crippen LogP contribution in [-0.2, 0) is 11.0 Å². The Labute approximate surface area is 193 Å². The Balaban J connectivity index is 1.59. The van der Waals surface area contributed by atoms with Gasteiger partial charge in [0.25, 0.3) is 0 Å². The molecule has 2 unspecified atom stereocenters. The Kier molecular flexibility index (Phi) is 8.68. The van der Waals surface area contributed by atoms with E-state index < -0.39 is 18.0 Å². The van der Waals surface area contributed by atoms with Gasteiger partial charge in [0.15, 0.2) is 11.8 Å². The van der Waals surface area contributed by atoms with E-state index in [1.807, 2.05) is 0 Å². The average molecular weight is 470 g/mol. The summed E-state index contributed by atoms with van der Waals surface area (Å²) in [6.07, 6.45) is 3.98. The summed E-state index contributed by atoms with van der Waals surface area (Å²) in [5.74, 6) is -0.00968. The van der Waals surface area contributed by atoms with E-state index in [0.29, 0.717) is 6.54 Å². The first-order chi connectivity index (χ1) is 15.8. The first-order valence-electron chi connectivity index (χ1n) is 11.8. The standard InChI is InChI=1S/C23H34F3N5O2/c1-2-3-4-5-6-7-8-14-32-19-12-11-16(15-17(19)23(24,25)26)20-29-21(33-30-20)18-10-9-13-31(18)22(27)28/h11-12,15,18,21H,2-10,13-14H2,1H3,(H3,27,28)(H,29,30). The highest BCUT2D eigenvalue weighted by atomic mass is 19.4. The van der Waals surface area contributed by atoms with Crippen molar-refractivity contribution in [3.8, 4) is 5.75 Å². The quantitative estimate of drug-likeness (QED) is 0.246. The fraction of sp³-hybridized carbons (Fsp3) is 0.652. The minimum absolute atomic E-state index is 0.0573. The minimum Gasteiger partial charge on any atom is -0.493 e. The second kappa shape index (κ2) is 11.5. The van der Waals surface area contributed by atoms with Crippen LogP contribution in [0.5, 0.6) is 5.75 Å². The van der Waals surface area contributed by atoms with Gasteiger partial charge in [-0.25, -0.2) is 0 Å². The van der Waals surface area contributed by atoms with Gasteiger partial charge in [0.05, 0.1) is 18.2 Å². The molecule has 0 saturated carbocycles. The molecule has 4 N–H and O–H groups in total. The molecule has 2 atom stereocenters. The third-order valence-corrected chi connectivity index (χ3v) is 6.06. The molecule has 10 heteroatoms.